The molecule has 0 saturated heterocycles. The number of aromatic hydroxyl groups is 1. The molecule has 3 aliphatic rings. The van der Waals surface area contributed by atoms with Crippen LogP contribution in [0.25, 0.3) is 0 Å². The van der Waals surface area contributed by atoms with Crippen molar-refractivity contribution >= 4 is 29.1 Å². The van der Waals surface area contributed by atoms with E-state index in [1.54, 1.807) is 0 Å². The third-order valence-electron chi connectivity index (χ3n) is 7.50. The number of fused-ring (bicyclic) bond motifs is 3. The first kappa shape index (κ1) is 28.2. The summed E-state index contributed by atoms with van der Waals surface area (Å²) in [5.74, 6) is -10.5. The molecule has 2 amide bonds. The third kappa shape index (κ3) is 4.44. The van der Waals surface area contributed by atoms with Gasteiger partial charge in [-0.3, -0.25) is 19.2 Å². The molecule has 0 heterocycles. The smallest absolute Gasteiger partial charge is 0.255 e. The van der Waals surface area contributed by atoms with Gasteiger partial charge in [0.05, 0.1) is 23.8 Å². The van der Waals surface area contributed by atoms with Crippen molar-refractivity contribution in [3.05, 3.63) is 45.7 Å². The lowest BCUT2D eigenvalue weighted by molar-refractivity contribution is -0.145. The number of nitrogens with two attached hydrogens (primary N) is 2. The number of benzene rings is 1. The van der Waals surface area contributed by atoms with Gasteiger partial charge in [0, 0.05) is 36.2 Å². The summed E-state index contributed by atoms with van der Waals surface area (Å²) in [6.45, 7) is 0.972. The number of aliphatic hydroxyl groups excluding tert-OH is 2. The van der Waals surface area contributed by atoms with Crippen molar-refractivity contribution in [2.24, 2.45) is 23.3 Å². The average Bonchev–Trinajstić information content (AvgIpc) is 2.85. The number of primary amides is 1. The Morgan fingerprint density at radius 2 is 1.90 bits per heavy atom. The van der Waals surface area contributed by atoms with Crippen molar-refractivity contribution in [2.45, 2.75) is 24.5 Å². The van der Waals surface area contributed by atoms with Gasteiger partial charge in [-0.05, 0) is 32.9 Å². The summed E-state index contributed by atoms with van der Waals surface area (Å²) in [5, 5.41) is 48.8. The van der Waals surface area contributed by atoms with Crippen molar-refractivity contribution in [3.8, 4) is 5.75 Å². The van der Waals surface area contributed by atoms with Crippen molar-refractivity contribution in [3.63, 3.8) is 0 Å². The minimum absolute atomic E-state index is 0.159. The van der Waals surface area contributed by atoms with E-state index in [0.717, 1.165) is 6.07 Å². The zero-order valence-electron chi connectivity index (χ0n) is 21.2. The van der Waals surface area contributed by atoms with E-state index in [4.69, 9.17) is 11.5 Å². The monoisotopic (exact) mass is 547 g/mol. The molecule has 0 aliphatic heterocycles. The Hall–Kier alpha value is -3.85. The highest BCUT2D eigenvalue weighted by atomic mass is 19.1. The van der Waals surface area contributed by atoms with Gasteiger partial charge in [0.1, 0.15) is 22.9 Å². The fourth-order valence-corrected chi connectivity index (χ4v) is 5.53. The topological polar surface area (TPSA) is 229 Å². The van der Waals surface area contributed by atoms with Crippen LogP contribution in [0, 0.1) is 17.7 Å². The van der Waals surface area contributed by atoms with Gasteiger partial charge in [0.25, 0.3) is 5.91 Å². The Morgan fingerprint density at radius 3 is 2.51 bits per heavy atom. The molecule has 14 heteroatoms. The highest BCUT2D eigenvalue weighted by Gasteiger charge is 2.62. The predicted molar refractivity (Wildman–Crippen MR) is 134 cm³/mol. The zero-order chi connectivity index (χ0) is 29.0. The Balaban J connectivity index is 1.72. The second-order valence-corrected chi connectivity index (χ2v) is 10.2. The van der Waals surface area contributed by atoms with Gasteiger partial charge >= 0.3 is 0 Å². The summed E-state index contributed by atoms with van der Waals surface area (Å²) in [5.41, 5.74) is 5.69. The van der Waals surface area contributed by atoms with Crippen LogP contribution in [0.5, 0.6) is 5.75 Å². The van der Waals surface area contributed by atoms with Crippen LogP contribution < -0.4 is 22.1 Å². The number of rotatable bonds is 7. The van der Waals surface area contributed by atoms with Crippen molar-refractivity contribution in [1.29, 1.82) is 0 Å². The Morgan fingerprint density at radius 1 is 1.23 bits per heavy atom. The van der Waals surface area contributed by atoms with E-state index in [1.165, 1.54) is 0 Å². The average molecular weight is 548 g/mol. The highest BCUT2D eigenvalue weighted by Crippen LogP contribution is 2.52. The molecule has 3 aliphatic carbocycles. The second-order valence-electron chi connectivity index (χ2n) is 10.2. The van der Waals surface area contributed by atoms with Crippen LogP contribution >= 0.6 is 0 Å². The maximum Gasteiger partial charge on any atom is 0.255 e. The first-order chi connectivity index (χ1) is 18.2. The quantitative estimate of drug-likeness (QED) is 0.114. The van der Waals surface area contributed by atoms with Crippen molar-refractivity contribution in [1.82, 2.24) is 10.2 Å². The van der Waals surface area contributed by atoms with Crippen LogP contribution in [-0.4, -0.2) is 94.1 Å². The number of hydrogen-bond acceptors (Lipinski definition) is 11. The molecule has 0 aromatic heterocycles. The van der Waals surface area contributed by atoms with Crippen LogP contribution in [-0.2, 0) is 20.8 Å². The number of likely N-dealkylation sites (N-methyl/N-ethyl adjacent to an activating group) is 1. The lowest BCUT2D eigenvalue weighted by atomic mass is 9.59. The second kappa shape index (κ2) is 10.0. The van der Waals surface area contributed by atoms with Crippen LogP contribution in [0.2, 0.25) is 0 Å². The summed E-state index contributed by atoms with van der Waals surface area (Å²) in [7, 11) is 3.71. The minimum Gasteiger partial charge on any atom is -0.510 e. The Kier molecular flexibility index (Phi) is 7.25. The summed E-state index contributed by atoms with van der Waals surface area (Å²) in [6, 6.07) is -0.631. The zero-order valence-corrected chi connectivity index (χ0v) is 21.2. The van der Waals surface area contributed by atoms with E-state index in [9.17, 15) is 39.6 Å². The van der Waals surface area contributed by atoms with Gasteiger partial charge in [-0.2, -0.15) is 0 Å². The number of allylic oxidation sites excluding steroid dienone is 1. The molecule has 0 radical (unpaired) electrons. The number of nitrogens with one attached hydrogen (secondary N) is 2. The van der Waals surface area contributed by atoms with Gasteiger partial charge in [-0.25, -0.2) is 4.39 Å². The predicted octanol–water partition coefficient (Wildman–Crippen LogP) is -1.25. The van der Waals surface area contributed by atoms with Crippen LogP contribution in [0.1, 0.15) is 22.3 Å². The summed E-state index contributed by atoms with van der Waals surface area (Å²) >= 11 is 0. The number of ketones is 2. The number of hydrogen-bond donors (Lipinski definition) is 8. The van der Waals surface area contributed by atoms with Crippen molar-refractivity contribution < 1.29 is 44.0 Å². The normalized spacial score (nSPS) is 26.4. The molecule has 4 atom stereocenters. The number of amides is 2. The van der Waals surface area contributed by atoms with Gasteiger partial charge in [0.15, 0.2) is 17.1 Å². The molecular weight excluding hydrogens is 517 g/mol. The SMILES string of the molecule is CN(C)CCNCC(=O)Nc1cc(F)c2c(c1O)C(=O)C1=C(O)[C@]3(O)C(=O)C(C(N)=O)=C(O)[C@@H](N)[C@@H]3C[C@@H]1C2. The number of Topliss-reactive ketones (excluding diaryl/α,β-unsaturated/α-hetero) is 2. The fourth-order valence-electron chi connectivity index (χ4n) is 5.53. The summed E-state index contributed by atoms with van der Waals surface area (Å²) < 4.78 is 15.2. The van der Waals surface area contributed by atoms with E-state index in [2.05, 4.69) is 10.6 Å². The van der Waals surface area contributed by atoms with Gasteiger partial charge in [0.2, 0.25) is 11.7 Å². The lowest BCUT2D eigenvalue weighted by Crippen LogP contribution is -2.63. The van der Waals surface area contributed by atoms with E-state index in [-0.39, 0.29) is 30.6 Å². The third-order valence-corrected chi connectivity index (χ3v) is 7.50. The Bertz CT molecular complexity index is 1360. The lowest BCUT2D eigenvalue weighted by Gasteiger charge is -2.47. The number of anilines is 1. The van der Waals surface area contributed by atoms with Gasteiger partial charge in [-0.15, -0.1) is 0 Å². The van der Waals surface area contributed by atoms with E-state index >= 15 is 4.39 Å². The molecule has 0 unspecified atom stereocenters. The molecule has 1 aromatic carbocycles. The molecule has 10 N–H and O–H groups in total. The first-order valence-electron chi connectivity index (χ1n) is 12.1. The van der Waals surface area contributed by atoms with E-state index < -0.39 is 86.7 Å². The maximum atomic E-state index is 15.2. The molecule has 39 heavy (non-hydrogen) atoms. The minimum atomic E-state index is -2.87. The maximum absolute atomic E-state index is 15.2. The molecule has 0 saturated carbocycles. The molecule has 210 valence electrons. The number of phenolic OH excluding ortho intramolecular Hbond substituents is 1. The van der Waals surface area contributed by atoms with Crippen LogP contribution in [0.4, 0.5) is 10.1 Å². The molecular formula is C25H30FN5O8. The molecule has 1 aromatic rings. The summed E-state index contributed by atoms with van der Waals surface area (Å²) in [4.78, 5) is 52.6. The molecule has 0 spiro atoms. The van der Waals surface area contributed by atoms with Crippen LogP contribution in [0.3, 0.4) is 0 Å². The largest absolute Gasteiger partial charge is 0.510 e. The van der Waals surface area contributed by atoms with Crippen LogP contribution in [0.15, 0.2) is 28.7 Å². The number of carbonyl (C=O) groups excluding carboxylic acids is 4. The first-order valence-corrected chi connectivity index (χ1v) is 12.1. The summed E-state index contributed by atoms with van der Waals surface area (Å²) in [6.07, 6.45) is -0.484. The molecule has 4 rings (SSSR count). The molecule has 0 bridgehead atoms. The van der Waals surface area contributed by atoms with Gasteiger partial charge < -0.3 is 47.4 Å². The number of carbonyl (C=O) groups is 4. The van der Waals surface area contributed by atoms with E-state index in [0.29, 0.717) is 13.1 Å². The molecule has 13 nitrogen and oxygen atoms in total. The Labute approximate surface area is 221 Å². The van der Waals surface area contributed by atoms with E-state index in [1.807, 2.05) is 19.0 Å². The number of halogens is 1. The molecule has 0 fully saturated rings. The number of aliphatic hydroxyl groups is 3. The van der Waals surface area contributed by atoms with Gasteiger partial charge in [-0.1, -0.05) is 0 Å². The van der Waals surface area contributed by atoms with Crippen molar-refractivity contribution in [2.75, 3.05) is 39.0 Å². The standard InChI is InChI=1S/C25H30FN5O8/c1-31(2)4-3-29-8-14(32)30-13-7-12(26)10-5-9-6-11-18(27)21(35)17(24(28)38)23(37)25(11,39)22(36)15(9)20(34)16(10)19(13)33/h7,9,11,18,29,33,35-36,39H,3-6,8,27H2,1-2H3,(H2,28,38)(H,30,32)/t9-,11-,18-,25-/m0/s1. The fraction of sp³-hybridized carbons (Fsp3) is 0.440. The number of phenols is 1. The number of nitrogens with zero attached hydrogens (tertiary/aromatic N) is 1. The highest BCUT2D eigenvalue weighted by molar-refractivity contribution is 6.25.